The van der Waals surface area contributed by atoms with Gasteiger partial charge in [0.2, 0.25) is 10.0 Å². The van der Waals surface area contributed by atoms with E-state index in [1.807, 2.05) is 6.92 Å². The average Bonchev–Trinajstić information content (AvgIpc) is 2.46. The molecule has 0 saturated carbocycles. The highest BCUT2D eigenvalue weighted by Gasteiger charge is 2.30. The number of carbonyl (C=O) groups excluding carboxylic acids is 1. The molecular weight excluding hydrogens is 292 g/mol. The third kappa shape index (κ3) is 3.25. The van der Waals surface area contributed by atoms with Crippen molar-refractivity contribution in [3.8, 4) is 0 Å². The smallest absolute Gasteiger partial charge is 0.337 e. The second kappa shape index (κ2) is 6.13. The maximum Gasteiger partial charge on any atom is 0.337 e. The number of hydrogen-bond acceptors (Lipinski definition) is 5. The molecule has 6 nitrogen and oxygen atoms in total. The van der Waals surface area contributed by atoms with E-state index in [1.54, 1.807) is 19.1 Å². The summed E-state index contributed by atoms with van der Waals surface area (Å²) in [7, 11) is -2.33. The van der Waals surface area contributed by atoms with Crippen molar-refractivity contribution in [2.45, 2.75) is 24.8 Å². The van der Waals surface area contributed by atoms with Crippen molar-refractivity contribution < 1.29 is 17.9 Å². The van der Waals surface area contributed by atoms with Crippen molar-refractivity contribution in [3.05, 3.63) is 29.3 Å². The molecule has 1 aliphatic rings. The summed E-state index contributed by atoms with van der Waals surface area (Å²) >= 11 is 0. The van der Waals surface area contributed by atoms with E-state index in [4.69, 9.17) is 0 Å². The first-order valence-corrected chi connectivity index (χ1v) is 8.22. The van der Waals surface area contributed by atoms with Gasteiger partial charge >= 0.3 is 5.97 Å². The van der Waals surface area contributed by atoms with E-state index < -0.39 is 16.0 Å². The number of ether oxygens (including phenoxy) is 1. The quantitative estimate of drug-likeness (QED) is 0.834. The zero-order chi connectivity index (χ0) is 15.6. The molecule has 0 aliphatic carbocycles. The lowest BCUT2D eigenvalue weighted by atomic mass is 10.1. The molecule has 0 spiro atoms. The van der Waals surface area contributed by atoms with Crippen LogP contribution < -0.4 is 5.32 Å². The third-order valence-electron chi connectivity index (χ3n) is 3.56. The molecule has 1 aliphatic heterocycles. The molecule has 7 heteroatoms. The summed E-state index contributed by atoms with van der Waals surface area (Å²) in [5.74, 6) is -0.542. The minimum Gasteiger partial charge on any atom is -0.465 e. The molecular formula is C14H20N2O4S. The van der Waals surface area contributed by atoms with Gasteiger partial charge in [-0.25, -0.2) is 13.2 Å². The number of carbonyl (C=O) groups is 1. The normalized spacial score (nSPS) is 20.2. The van der Waals surface area contributed by atoms with Crippen LogP contribution >= 0.6 is 0 Å². The average molecular weight is 312 g/mol. The van der Waals surface area contributed by atoms with Crippen molar-refractivity contribution in [1.82, 2.24) is 9.62 Å². The van der Waals surface area contributed by atoms with Gasteiger partial charge in [-0.05, 0) is 31.5 Å². The summed E-state index contributed by atoms with van der Waals surface area (Å²) in [4.78, 5) is 11.8. The summed E-state index contributed by atoms with van der Waals surface area (Å²) in [6, 6.07) is 4.70. The molecule has 1 aromatic carbocycles. The zero-order valence-corrected chi connectivity index (χ0v) is 13.2. The van der Waals surface area contributed by atoms with Crippen molar-refractivity contribution in [3.63, 3.8) is 0 Å². The summed E-state index contributed by atoms with van der Waals surface area (Å²) < 4.78 is 31.6. The Morgan fingerprint density at radius 3 is 2.76 bits per heavy atom. The molecule has 0 aromatic heterocycles. The highest BCUT2D eigenvalue weighted by Crippen LogP contribution is 2.22. The van der Waals surface area contributed by atoms with E-state index >= 15 is 0 Å². The van der Waals surface area contributed by atoms with Crippen LogP contribution in [0.3, 0.4) is 0 Å². The first-order valence-electron chi connectivity index (χ1n) is 6.78. The number of nitrogens with zero attached hydrogens (tertiary/aromatic N) is 1. The second-order valence-corrected chi connectivity index (χ2v) is 7.10. The van der Waals surface area contributed by atoms with Gasteiger partial charge in [-0.15, -0.1) is 0 Å². The fourth-order valence-corrected chi connectivity index (χ4v) is 4.16. The topological polar surface area (TPSA) is 75.7 Å². The van der Waals surface area contributed by atoms with Crippen molar-refractivity contribution in [2.24, 2.45) is 0 Å². The van der Waals surface area contributed by atoms with Gasteiger partial charge in [0.15, 0.2) is 0 Å². The summed E-state index contributed by atoms with van der Waals surface area (Å²) in [5, 5.41) is 3.21. The predicted octanol–water partition coefficient (Wildman–Crippen LogP) is 0.764. The van der Waals surface area contributed by atoms with Gasteiger partial charge in [0.1, 0.15) is 0 Å². The summed E-state index contributed by atoms with van der Waals surface area (Å²) in [5.41, 5.74) is 0.860. The third-order valence-corrected chi connectivity index (χ3v) is 5.57. The van der Waals surface area contributed by atoms with E-state index in [-0.39, 0.29) is 16.5 Å². The minimum absolute atomic E-state index is 0.109. The number of benzene rings is 1. The van der Waals surface area contributed by atoms with Gasteiger partial charge in [0.25, 0.3) is 0 Å². The Hall–Kier alpha value is -1.44. The summed E-state index contributed by atoms with van der Waals surface area (Å²) in [6.07, 6.45) is 0. The van der Waals surface area contributed by atoms with Gasteiger partial charge in [0, 0.05) is 25.7 Å². The van der Waals surface area contributed by atoms with E-state index in [2.05, 4.69) is 10.1 Å². The van der Waals surface area contributed by atoms with Crippen molar-refractivity contribution in [2.75, 3.05) is 26.7 Å². The molecule has 0 radical (unpaired) electrons. The maximum atomic E-state index is 12.8. The monoisotopic (exact) mass is 312 g/mol. The number of rotatable bonds is 3. The van der Waals surface area contributed by atoms with Gasteiger partial charge in [-0.3, -0.25) is 0 Å². The molecule has 0 bridgehead atoms. The molecule has 1 atom stereocenters. The predicted molar refractivity (Wildman–Crippen MR) is 78.7 cm³/mol. The number of hydrogen-bond donors (Lipinski definition) is 1. The molecule has 1 N–H and O–H groups in total. The van der Waals surface area contributed by atoms with Crippen LogP contribution in [0.2, 0.25) is 0 Å². The molecule has 1 heterocycles. The van der Waals surface area contributed by atoms with Crippen LogP contribution in [-0.2, 0) is 14.8 Å². The Bertz CT molecular complexity index is 642. The van der Waals surface area contributed by atoms with Crippen molar-refractivity contribution in [1.29, 1.82) is 0 Å². The lowest BCUT2D eigenvalue weighted by molar-refractivity contribution is 0.0600. The first kappa shape index (κ1) is 15.9. The van der Waals surface area contributed by atoms with Crippen molar-refractivity contribution >= 4 is 16.0 Å². The number of sulfonamides is 1. The molecule has 21 heavy (non-hydrogen) atoms. The maximum absolute atomic E-state index is 12.8. The van der Waals surface area contributed by atoms with Crippen LogP contribution in [-0.4, -0.2) is 51.5 Å². The van der Waals surface area contributed by atoms with E-state index in [9.17, 15) is 13.2 Å². The van der Waals surface area contributed by atoms with Crippen LogP contribution in [0.1, 0.15) is 22.8 Å². The molecule has 0 unspecified atom stereocenters. The van der Waals surface area contributed by atoms with Crippen LogP contribution in [0.15, 0.2) is 23.1 Å². The largest absolute Gasteiger partial charge is 0.465 e. The van der Waals surface area contributed by atoms with Gasteiger partial charge in [-0.2, -0.15) is 4.31 Å². The number of methoxy groups -OCH3 is 1. The number of nitrogens with one attached hydrogen (secondary N) is 1. The Balaban J connectivity index is 2.41. The van der Waals surface area contributed by atoms with Crippen LogP contribution in [0.5, 0.6) is 0 Å². The van der Waals surface area contributed by atoms with E-state index in [1.165, 1.54) is 17.5 Å². The SMILES string of the molecule is COC(=O)c1ccc(C)c(S(=O)(=O)N2CCN[C@@H](C)C2)c1. The summed E-state index contributed by atoms with van der Waals surface area (Å²) in [6.45, 7) is 5.13. The number of esters is 1. The molecule has 1 fully saturated rings. The minimum atomic E-state index is -3.60. The molecule has 1 saturated heterocycles. The Labute approximate surface area is 125 Å². The number of piperazine rings is 1. The lowest BCUT2D eigenvalue weighted by Crippen LogP contribution is -2.51. The molecule has 0 amide bonds. The highest BCUT2D eigenvalue weighted by atomic mass is 32.2. The molecule has 116 valence electrons. The van der Waals surface area contributed by atoms with E-state index in [0.717, 1.165) is 0 Å². The number of aryl methyl sites for hydroxylation is 1. The Morgan fingerprint density at radius 2 is 2.14 bits per heavy atom. The fourth-order valence-electron chi connectivity index (χ4n) is 2.38. The Morgan fingerprint density at radius 1 is 1.43 bits per heavy atom. The van der Waals surface area contributed by atoms with Crippen LogP contribution in [0.4, 0.5) is 0 Å². The second-order valence-electron chi connectivity index (χ2n) is 5.19. The van der Waals surface area contributed by atoms with Gasteiger partial charge in [0.05, 0.1) is 17.6 Å². The van der Waals surface area contributed by atoms with Gasteiger partial charge < -0.3 is 10.1 Å². The van der Waals surface area contributed by atoms with Crippen LogP contribution in [0, 0.1) is 6.92 Å². The molecule has 2 rings (SSSR count). The highest BCUT2D eigenvalue weighted by molar-refractivity contribution is 7.89. The Kier molecular flexibility index (Phi) is 4.65. The standard InChI is InChI=1S/C14H20N2O4S/c1-10-4-5-12(14(17)20-3)8-13(10)21(18,19)16-7-6-15-11(2)9-16/h4-5,8,11,15H,6-7,9H2,1-3H3/t11-/m0/s1. The van der Waals surface area contributed by atoms with E-state index in [0.29, 0.717) is 25.2 Å². The first-order chi connectivity index (χ1) is 9.86. The lowest BCUT2D eigenvalue weighted by Gasteiger charge is -2.31. The molecule has 1 aromatic rings. The van der Waals surface area contributed by atoms with Gasteiger partial charge in [-0.1, -0.05) is 6.07 Å². The zero-order valence-electron chi connectivity index (χ0n) is 12.4. The fraction of sp³-hybridized carbons (Fsp3) is 0.500. The van der Waals surface area contributed by atoms with Crippen LogP contribution in [0.25, 0.3) is 0 Å².